The Labute approximate surface area is 237 Å². The first kappa shape index (κ1) is 27.8. The van der Waals surface area contributed by atoms with Crippen molar-refractivity contribution in [1.82, 2.24) is 14.5 Å². The maximum atomic E-state index is 12.4. The van der Waals surface area contributed by atoms with E-state index < -0.39 is 12.5 Å². The van der Waals surface area contributed by atoms with Gasteiger partial charge in [0.1, 0.15) is 0 Å². The number of para-hydroxylation sites is 1. The number of hydrogen-bond donors (Lipinski definition) is 1. The molecule has 1 N–H and O–H groups in total. The van der Waals surface area contributed by atoms with Crippen molar-refractivity contribution < 1.29 is 24.2 Å². The molecule has 2 aromatic carbocycles. The van der Waals surface area contributed by atoms with E-state index in [1.54, 1.807) is 38.6 Å². The van der Waals surface area contributed by atoms with Crippen molar-refractivity contribution in [3.63, 3.8) is 0 Å². The molecular formula is C30H32N6O5. The van der Waals surface area contributed by atoms with Crippen LogP contribution in [-0.2, 0) is 16.3 Å². The summed E-state index contributed by atoms with van der Waals surface area (Å²) in [6.07, 6.45) is 8.35. The average molecular weight is 557 g/mol. The lowest BCUT2D eigenvalue weighted by molar-refractivity contribution is -0.122. The number of hydrogen-bond acceptors (Lipinski definition) is 9. The molecule has 0 bridgehead atoms. The number of fused-ring (bicyclic) bond motifs is 1. The van der Waals surface area contributed by atoms with Gasteiger partial charge in [0.05, 0.1) is 32.6 Å². The molecule has 1 aliphatic rings. The van der Waals surface area contributed by atoms with Gasteiger partial charge in [-0.1, -0.05) is 35.8 Å². The van der Waals surface area contributed by atoms with Crippen molar-refractivity contribution >= 4 is 28.7 Å². The molecular weight excluding hydrogens is 524 g/mol. The molecule has 0 radical (unpaired) electrons. The fraction of sp³-hybridized carbons (Fsp3) is 0.300. The van der Waals surface area contributed by atoms with Crippen molar-refractivity contribution in [1.29, 1.82) is 0 Å². The van der Waals surface area contributed by atoms with Crippen LogP contribution in [0.1, 0.15) is 36.4 Å². The number of piperidine rings is 1. The maximum absolute atomic E-state index is 12.4. The molecule has 0 spiro atoms. The number of aromatic nitrogens is 2. The second kappa shape index (κ2) is 13.1. The second-order valence-electron chi connectivity index (χ2n) is 9.59. The van der Waals surface area contributed by atoms with Gasteiger partial charge >= 0.3 is 5.91 Å². The molecule has 1 unspecified atom stereocenters. The number of oxime groups is 1. The van der Waals surface area contributed by atoms with Crippen LogP contribution in [0, 0.1) is 0 Å². The predicted octanol–water partition coefficient (Wildman–Crippen LogP) is 5.60. The monoisotopic (exact) mass is 556 g/mol. The number of carbonyl (C=O) groups is 1. The topological polar surface area (TPSA) is 123 Å². The molecule has 0 saturated carbocycles. The minimum atomic E-state index is -0.640. The van der Waals surface area contributed by atoms with E-state index in [0.29, 0.717) is 29.1 Å². The third-order valence-electron chi connectivity index (χ3n) is 7.06. The van der Waals surface area contributed by atoms with Crippen LogP contribution in [0.4, 0.5) is 5.69 Å². The largest absolute Gasteiger partial charge is 0.493 e. The smallest absolute Gasteiger partial charge is 0.304 e. The lowest BCUT2D eigenvalue weighted by Gasteiger charge is -2.36. The molecule has 1 fully saturated rings. The Bertz CT molecular complexity index is 1550. The summed E-state index contributed by atoms with van der Waals surface area (Å²) in [7, 11) is 3.10. The third-order valence-corrected chi connectivity index (χ3v) is 7.06. The van der Waals surface area contributed by atoms with Crippen molar-refractivity contribution in [2.24, 2.45) is 15.4 Å². The first-order valence-corrected chi connectivity index (χ1v) is 13.3. The van der Waals surface area contributed by atoms with E-state index in [9.17, 15) is 9.90 Å². The molecule has 11 nitrogen and oxygen atoms in total. The second-order valence-corrected chi connectivity index (χ2v) is 9.59. The van der Waals surface area contributed by atoms with Gasteiger partial charge in [-0.15, -0.1) is 10.2 Å². The van der Waals surface area contributed by atoms with Crippen LogP contribution in [0.2, 0.25) is 0 Å². The molecule has 1 amide bonds. The number of aromatic hydroxyl groups is 1. The zero-order chi connectivity index (χ0) is 28.6. The summed E-state index contributed by atoms with van der Waals surface area (Å²) in [5.41, 5.74) is 2.90. The Kier molecular flexibility index (Phi) is 8.85. The molecule has 212 valence electrons. The van der Waals surface area contributed by atoms with Crippen LogP contribution >= 0.6 is 0 Å². The van der Waals surface area contributed by atoms with E-state index in [-0.39, 0.29) is 17.6 Å². The summed E-state index contributed by atoms with van der Waals surface area (Å²) in [6.45, 7) is 0.943. The number of amides is 1. The standard InChI is InChI=1S/C30H32N6O5/c1-39-26-13-12-21(16-27(26)40-2)17-32-41-19-28(37)33-34-29-23-9-3-4-11-25(23)36(30(29)38)20-35-15-6-5-10-24(35)22-8-7-14-31-18-22/h3-4,7-9,11-14,16-18,24,38H,5-6,10,15,19-20H2,1-2H3. The number of likely N-dealkylation sites (tertiary alicyclic amines) is 1. The molecule has 1 saturated heterocycles. The van der Waals surface area contributed by atoms with Gasteiger partial charge in [0.25, 0.3) is 0 Å². The van der Waals surface area contributed by atoms with Crippen LogP contribution < -0.4 is 9.47 Å². The first-order chi connectivity index (χ1) is 20.1. The minimum absolute atomic E-state index is 0.0503. The van der Waals surface area contributed by atoms with Gasteiger partial charge in [-0.3, -0.25) is 19.2 Å². The van der Waals surface area contributed by atoms with Crippen molar-refractivity contribution in [2.45, 2.75) is 32.0 Å². The highest BCUT2D eigenvalue weighted by molar-refractivity contribution is 5.95. The van der Waals surface area contributed by atoms with Crippen LogP contribution in [0.3, 0.4) is 0 Å². The summed E-state index contributed by atoms with van der Waals surface area (Å²) in [5.74, 6) is 0.451. The Morgan fingerprint density at radius 1 is 1.10 bits per heavy atom. The van der Waals surface area contributed by atoms with E-state index >= 15 is 0 Å². The van der Waals surface area contributed by atoms with Gasteiger partial charge in [-0.25, -0.2) is 0 Å². The number of carbonyl (C=O) groups excluding carboxylic acids is 1. The molecule has 5 rings (SSSR count). The number of benzene rings is 2. The zero-order valence-corrected chi connectivity index (χ0v) is 23.0. The van der Waals surface area contributed by atoms with Crippen LogP contribution in [0.25, 0.3) is 10.9 Å². The Balaban J connectivity index is 1.28. The number of methoxy groups -OCH3 is 2. The molecule has 4 aromatic rings. The fourth-order valence-corrected chi connectivity index (χ4v) is 5.06. The maximum Gasteiger partial charge on any atom is 0.304 e. The fourth-order valence-electron chi connectivity index (χ4n) is 5.06. The number of ether oxygens (including phenoxy) is 2. The number of pyridine rings is 1. The van der Waals surface area contributed by atoms with Gasteiger partial charge in [0, 0.05) is 35.9 Å². The van der Waals surface area contributed by atoms with Gasteiger partial charge in [0.15, 0.2) is 23.8 Å². The van der Waals surface area contributed by atoms with Crippen molar-refractivity contribution in [2.75, 3.05) is 27.4 Å². The Morgan fingerprint density at radius 2 is 1.95 bits per heavy atom. The van der Waals surface area contributed by atoms with E-state index in [1.165, 1.54) is 6.21 Å². The number of azo groups is 1. The minimum Gasteiger partial charge on any atom is -0.493 e. The van der Waals surface area contributed by atoms with Crippen molar-refractivity contribution in [3.05, 3.63) is 78.1 Å². The molecule has 3 heterocycles. The first-order valence-electron chi connectivity index (χ1n) is 13.3. The summed E-state index contributed by atoms with van der Waals surface area (Å²) >= 11 is 0. The lowest BCUT2D eigenvalue weighted by Crippen LogP contribution is -2.34. The van der Waals surface area contributed by atoms with E-state index in [4.69, 9.17) is 14.3 Å². The molecule has 2 aromatic heterocycles. The van der Waals surface area contributed by atoms with E-state index in [1.807, 2.05) is 41.1 Å². The molecule has 11 heteroatoms. The summed E-state index contributed by atoms with van der Waals surface area (Å²) in [6, 6.07) is 17.0. The summed E-state index contributed by atoms with van der Waals surface area (Å²) in [4.78, 5) is 24.1. The molecule has 41 heavy (non-hydrogen) atoms. The summed E-state index contributed by atoms with van der Waals surface area (Å²) < 4.78 is 12.3. The van der Waals surface area contributed by atoms with Gasteiger partial charge < -0.3 is 19.4 Å². The van der Waals surface area contributed by atoms with Crippen LogP contribution in [0.5, 0.6) is 17.4 Å². The Hall–Kier alpha value is -4.77. The van der Waals surface area contributed by atoms with E-state index in [0.717, 1.165) is 36.9 Å². The SMILES string of the molecule is COc1ccc(C=NOCC(=O)N=Nc2c(O)n(CN3CCCCC3c3cccnc3)c3ccccc23)cc1OC. The highest BCUT2D eigenvalue weighted by atomic mass is 16.6. The van der Waals surface area contributed by atoms with Crippen LogP contribution in [0.15, 0.2) is 82.4 Å². The number of rotatable bonds is 10. The predicted molar refractivity (Wildman–Crippen MR) is 154 cm³/mol. The van der Waals surface area contributed by atoms with Crippen molar-refractivity contribution in [3.8, 4) is 17.4 Å². The molecule has 1 aliphatic heterocycles. The zero-order valence-electron chi connectivity index (χ0n) is 23.0. The third kappa shape index (κ3) is 6.36. The van der Waals surface area contributed by atoms with Gasteiger partial charge in [-0.05, 0) is 48.7 Å². The average Bonchev–Trinajstić information content (AvgIpc) is 3.28. The highest BCUT2D eigenvalue weighted by Gasteiger charge is 2.26. The number of nitrogens with zero attached hydrogens (tertiary/aromatic N) is 6. The Morgan fingerprint density at radius 3 is 2.76 bits per heavy atom. The quantitative estimate of drug-likeness (QED) is 0.153. The molecule has 0 aliphatic carbocycles. The van der Waals surface area contributed by atoms with E-state index in [2.05, 4.69) is 31.3 Å². The van der Waals surface area contributed by atoms with Gasteiger partial charge in [-0.2, -0.15) is 0 Å². The van der Waals surface area contributed by atoms with Crippen LogP contribution in [-0.4, -0.2) is 59.1 Å². The van der Waals surface area contributed by atoms with Gasteiger partial charge in [0.2, 0.25) is 5.88 Å². The lowest BCUT2D eigenvalue weighted by atomic mass is 9.97. The molecule has 1 atom stereocenters. The summed E-state index contributed by atoms with van der Waals surface area (Å²) in [5, 5.41) is 23.6. The highest BCUT2D eigenvalue weighted by Crippen LogP contribution is 2.40. The normalized spacial score (nSPS) is 16.0.